The zero-order valence-electron chi connectivity index (χ0n) is 45.1. The summed E-state index contributed by atoms with van der Waals surface area (Å²) >= 11 is 0. The number of unbranched alkanes of at least 4 members (excludes halogenated alkanes) is 15. The standard InChI is InChI=1S/C60H99O11P/c1-4-7-10-13-16-19-22-25-27-28-30-33-36-39-42-45-48-51-60(64)71-57(53-67-58(62)49-46-43-40-37-34-32-29-26-23-20-17-14-11-8-5-2)55-69-72(65,66)68-54-56(52-61)70-59(63)50-47-44-41-38-35-31-24-21-18-15-12-9-6-3/h8-9,11-12,17-18,20-21,25-27,29,31,34-35,37,41,44,56-57,61H,4-7,10,13-16,19,22-24,28,30,32-33,36,38-40,42-43,45-55H2,1-3H3,(H,65,66)/b11-8-,12-9-,20-17-,21-18-,27-25-,29-26-,35-31-,37-34-,44-41-. The Morgan fingerprint density at radius 3 is 1.24 bits per heavy atom. The van der Waals surface area contributed by atoms with Gasteiger partial charge in [0.05, 0.1) is 19.8 Å². The molecule has 0 radical (unpaired) electrons. The van der Waals surface area contributed by atoms with Crippen molar-refractivity contribution in [3.63, 3.8) is 0 Å². The van der Waals surface area contributed by atoms with Crippen LogP contribution in [-0.4, -0.2) is 66.5 Å². The van der Waals surface area contributed by atoms with Gasteiger partial charge in [0.15, 0.2) is 6.10 Å². The van der Waals surface area contributed by atoms with Crippen molar-refractivity contribution >= 4 is 25.7 Å². The average molecular weight is 1030 g/mol. The third-order valence-electron chi connectivity index (χ3n) is 11.2. The third-order valence-corrected chi connectivity index (χ3v) is 12.1. The molecule has 0 aromatic carbocycles. The Labute approximate surface area is 437 Å². The second-order valence-corrected chi connectivity index (χ2v) is 19.4. The number of carbonyl (C=O) groups excluding carboxylic acids is 3. The van der Waals surface area contributed by atoms with Crippen LogP contribution in [0.15, 0.2) is 109 Å². The molecule has 11 nitrogen and oxygen atoms in total. The molecule has 0 saturated carbocycles. The lowest BCUT2D eigenvalue weighted by atomic mass is 10.1. The number of aliphatic hydroxyl groups excluding tert-OH is 1. The fourth-order valence-corrected chi connectivity index (χ4v) is 7.79. The van der Waals surface area contributed by atoms with Crippen LogP contribution in [0.25, 0.3) is 0 Å². The predicted octanol–water partition coefficient (Wildman–Crippen LogP) is 16.2. The lowest BCUT2D eigenvalue weighted by Crippen LogP contribution is -2.30. The Hall–Kier alpha value is -3.86. The summed E-state index contributed by atoms with van der Waals surface area (Å²) in [5.74, 6) is -1.62. The van der Waals surface area contributed by atoms with E-state index >= 15 is 0 Å². The van der Waals surface area contributed by atoms with Crippen molar-refractivity contribution in [1.29, 1.82) is 0 Å². The number of aliphatic hydroxyl groups is 1. The third kappa shape index (κ3) is 51.1. The quantitative estimate of drug-likeness (QED) is 0.0197. The van der Waals surface area contributed by atoms with Gasteiger partial charge in [-0.2, -0.15) is 0 Å². The molecule has 0 rings (SSSR count). The van der Waals surface area contributed by atoms with E-state index in [0.717, 1.165) is 96.3 Å². The molecule has 0 fully saturated rings. The van der Waals surface area contributed by atoms with Crippen molar-refractivity contribution in [3.05, 3.63) is 109 Å². The molecule has 12 heteroatoms. The van der Waals surface area contributed by atoms with Crippen LogP contribution >= 0.6 is 7.82 Å². The van der Waals surface area contributed by atoms with Crippen LogP contribution in [0.5, 0.6) is 0 Å². The maximum absolute atomic E-state index is 12.9. The fraction of sp³-hybridized carbons (Fsp3) is 0.650. The maximum Gasteiger partial charge on any atom is 0.472 e. The number of phosphoric ester groups is 1. The molecule has 0 aliphatic carbocycles. The van der Waals surface area contributed by atoms with E-state index in [-0.39, 0.29) is 25.9 Å². The van der Waals surface area contributed by atoms with Crippen molar-refractivity contribution in [3.8, 4) is 0 Å². The number of phosphoric acid groups is 1. The second kappa shape index (κ2) is 53.4. The summed E-state index contributed by atoms with van der Waals surface area (Å²) in [4.78, 5) is 48.4. The summed E-state index contributed by atoms with van der Waals surface area (Å²) in [5.41, 5.74) is 0. The Morgan fingerprint density at radius 1 is 0.403 bits per heavy atom. The molecule has 0 spiro atoms. The molecule has 3 atom stereocenters. The van der Waals surface area contributed by atoms with Crippen molar-refractivity contribution in [2.24, 2.45) is 0 Å². The summed E-state index contributed by atoms with van der Waals surface area (Å²) in [6.07, 6.45) is 63.6. The van der Waals surface area contributed by atoms with Crippen LogP contribution in [-0.2, 0) is 42.2 Å². The zero-order chi connectivity index (χ0) is 52.7. The van der Waals surface area contributed by atoms with Gasteiger partial charge >= 0.3 is 25.7 Å². The highest BCUT2D eigenvalue weighted by atomic mass is 31.2. The number of hydrogen-bond acceptors (Lipinski definition) is 10. The Balaban J connectivity index is 4.87. The average Bonchev–Trinajstić information content (AvgIpc) is 3.37. The van der Waals surface area contributed by atoms with Crippen molar-refractivity contribution < 1.29 is 52.2 Å². The van der Waals surface area contributed by atoms with Gasteiger partial charge in [-0.1, -0.05) is 194 Å². The highest BCUT2D eigenvalue weighted by Gasteiger charge is 2.28. The Bertz CT molecular complexity index is 1620. The first-order valence-electron chi connectivity index (χ1n) is 27.8. The van der Waals surface area contributed by atoms with E-state index in [1.54, 1.807) is 0 Å². The topological polar surface area (TPSA) is 155 Å². The molecule has 410 valence electrons. The first-order valence-corrected chi connectivity index (χ1v) is 29.3. The van der Waals surface area contributed by atoms with E-state index in [2.05, 4.69) is 112 Å². The van der Waals surface area contributed by atoms with E-state index in [0.29, 0.717) is 19.3 Å². The molecule has 0 heterocycles. The van der Waals surface area contributed by atoms with Crippen LogP contribution in [0.3, 0.4) is 0 Å². The molecule has 3 unspecified atom stereocenters. The molecular weight excluding hydrogens is 928 g/mol. The van der Waals surface area contributed by atoms with Gasteiger partial charge in [0.25, 0.3) is 0 Å². The minimum atomic E-state index is -4.78. The van der Waals surface area contributed by atoms with Gasteiger partial charge in [0.1, 0.15) is 12.7 Å². The molecule has 0 saturated heterocycles. The Morgan fingerprint density at radius 2 is 0.750 bits per heavy atom. The fourth-order valence-electron chi connectivity index (χ4n) is 7.00. The number of hydrogen-bond donors (Lipinski definition) is 2. The molecule has 2 N–H and O–H groups in total. The number of ether oxygens (including phenoxy) is 3. The SMILES string of the molecule is CC/C=C\C/C=C\C/C=C\C/C=C\CCCCC(=O)OCC(COP(=O)(O)OCC(CO)OC(=O)CC/C=C\C/C=C\C/C=C\C/C=C\CC)OC(=O)CCCCCCCCC/C=C\CCCCCCCC. The van der Waals surface area contributed by atoms with Crippen molar-refractivity contribution in [1.82, 2.24) is 0 Å². The summed E-state index contributed by atoms with van der Waals surface area (Å²) in [7, 11) is -4.78. The summed E-state index contributed by atoms with van der Waals surface area (Å²) in [6.45, 7) is 4.26. The summed E-state index contributed by atoms with van der Waals surface area (Å²) in [6, 6.07) is 0. The molecule has 0 aromatic heterocycles. The molecular formula is C60H99O11P. The monoisotopic (exact) mass is 1030 g/mol. The van der Waals surface area contributed by atoms with Crippen LogP contribution < -0.4 is 0 Å². The molecule has 0 aliphatic rings. The highest BCUT2D eigenvalue weighted by molar-refractivity contribution is 7.47. The van der Waals surface area contributed by atoms with Crippen LogP contribution in [0.4, 0.5) is 0 Å². The molecule has 0 aliphatic heterocycles. The zero-order valence-corrected chi connectivity index (χ0v) is 46.0. The molecule has 72 heavy (non-hydrogen) atoms. The highest BCUT2D eigenvalue weighted by Crippen LogP contribution is 2.43. The first kappa shape index (κ1) is 68.1. The second-order valence-electron chi connectivity index (χ2n) is 18.0. The lowest BCUT2D eigenvalue weighted by Gasteiger charge is -2.21. The van der Waals surface area contributed by atoms with Crippen molar-refractivity contribution in [2.75, 3.05) is 26.4 Å². The van der Waals surface area contributed by atoms with Gasteiger partial charge in [-0.25, -0.2) is 4.57 Å². The number of allylic oxidation sites excluding steroid dienone is 18. The first-order chi connectivity index (χ1) is 35.2. The van der Waals surface area contributed by atoms with E-state index in [4.69, 9.17) is 23.3 Å². The Kier molecular flexibility index (Phi) is 50.6. The van der Waals surface area contributed by atoms with E-state index in [1.165, 1.54) is 57.8 Å². The van der Waals surface area contributed by atoms with Crippen LogP contribution in [0.1, 0.15) is 213 Å². The van der Waals surface area contributed by atoms with Gasteiger partial charge in [-0.3, -0.25) is 23.4 Å². The summed E-state index contributed by atoms with van der Waals surface area (Å²) < 4.78 is 39.3. The van der Waals surface area contributed by atoms with Gasteiger partial charge in [-0.15, -0.1) is 0 Å². The van der Waals surface area contributed by atoms with Crippen LogP contribution in [0.2, 0.25) is 0 Å². The van der Waals surface area contributed by atoms with Crippen LogP contribution in [0, 0.1) is 0 Å². The van der Waals surface area contributed by atoms with E-state index < -0.39 is 57.8 Å². The van der Waals surface area contributed by atoms with Crippen molar-refractivity contribution in [2.45, 2.75) is 226 Å². The van der Waals surface area contributed by atoms with Gasteiger partial charge in [0, 0.05) is 19.3 Å². The maximum atomic E-state index is 12.9. The van der Waals surface area contributed by atoms with Gasteiger partial charge in [0.2, 0.25) is 0 Å². The normalized spacial score (nSPS) is 14.2. The predicted molar refractivity (Wildman–Crippen MR) is 297 cm³/mol. The molecule has 0 amide bonds. The van der Waals surface area contributed by atoms with Gasteiger partial charge in [-0.05, 0) is 109 Å². The number of esters is 3. The van der Waals surface area contributed by atoms with Gasteiger partial charge < -0.3 is 24.2 Å². The molecule has 0 bridgehead atoms. The number of carbonyl (C=O) groups is 3. The van der Waals surface area contributed by atoms with E-state index in [1.807, 2.05) is 18.2 Å². The minimum Gasteiger partial charge on any atom is -0.462 e. The molecule has 0 aromatic rings. The number of rotatable bonds is 50. The minimum absolute atomic E-state index is 0.0482. The smallest absolute Gasteiger partial charge is 0.462 e. The summed E-state index contributed by atoms with van der Waals surface area (Å²) in [5, 5.41) is 9.78. The van der Waals surface area contributed by atoms with E-state index in [9.17, 15) is 28.9 Å². The lowest BCUT2D eigenvalue weighted by molar-refractivity contribution is -0.161. The largest absolute Gasteiger partial charge is 0.472 e.